The molecule has 0 amide bonds. The molecule has 3 rings (SSSR count). The van der Waals surface area contributed by atoms with Crippen LogP contribution in [0, 0.1) is 11.3 Å². The standard InChI is InChI=1S/C20H28O4/c1-12-5-7-19(4)8-6-16-14(3)18(22)24-17(20(16,19)23)11-13(2)10-15(21)9-12/h9,13,17,23H,5-8,10-11H2,1-4H3/b12-9-/t13-,17-,19-,20+/m0/s1. The second kappa shape index (κ2) is 5.83. The molecule has 1 N–H and O–H groups in total. The van der Waals surface area contributed by atoms with Gasteiger partial charge in [0.15, 0.2) is 5.78 Å². The van der Waals surface area contributed by atoms with Crippen LogP contribution in [0.1, 0.15) is 66.2 Å². The average molecular weight is 332 g/mol. The summed E-state index contributed by atoms with van der Waals surface area (Å²) in [6, 6.07) is 0. The molecule has 1 aliphatic heterocycles. The Morgan fingerprint density at radius 1 is 1.21 bits per heavy atom. The molecule has 3 aliphatic rings. The highest BCUT2D eigenvalue weighted by Crippen LogP contribution is 2.58. The number of carbonyl (C=O) groups excluding carboxylic acids is 2. The molecule has 0 aromatic carbocycles. The van der Waals surface area contributed by atoms with E-state index in [0.717, 1.165) is 36.8 Å². The van der Waals surface area contributed by atoms with Crippen LogP contribution in [0.3, 0.4) is 0 Å². The molecule has 0 radical (unpaired) electrons. The molecular formula is C20H28O4. The van der Waals surface area contributed by atoms with E-state index in [0.29, 0.717) is 18.4 Å². The third-order valence-electron chi connectivity index (χ3n) is 6.43. The Labute approximate surface area is 144 Å². The van der Waals surface area contributed by atoms with E-state index in [-0.39, 0.29) is 23.1 Å². The first-order valence-corrected chi connectivity index (χ1v) is 9.01. The molecule has 0 aromatic rings. The molecule has 0 saturated heterocycles. The number of allylic oxidation sites excluding steroid dienone is 2. The third kappa shape index (κ3) is 2.55. The van der Waals surface area contributed by atoms with Crippen molar-refractivity contribution in [3.63, 3.8) is 0 Å². The number of carbonyl (C=O) groups is 2. The molecule has 132 valence electrons. The number of hydrogen-bond acceptors (Lipinski definition) is 4. The highest BCUT2D eigenvalue weighted by molar-refractivity contribution is 5.91. The number of aliphatic hydroxyl groups is 1. The van der Waals surface area contributed by atoms with E-state index in [1.165, 1.54) is 0 Å². The van der Waals surface area contributed by atoms with Gasteiger partial charge >= 0.3 is 5.97 Å². The van der Waals surface area contributed by atoms with Gasteiger partial charge in [-0.2, -0.15) is 0 Å². The van der Waals surface area contributed by atoms with Crippen LogP contribution in [-0.4, -0.2) is 28.6 Å². The lowest BCUT2D eigenvalue weighted by atomic mass is 9.65. The Morgan fingerprint density at radius 3 is 2.58 bits per heavy atom. The topological polar surface area (TPSA) is 63.6 Å². The highest BCUT2D eigenvalue weighted by Gasteiger charge is 2.62. The molecule has 4 heteroatoms. The minimum atomic E-state index is -1.10. The van der Waals surface area contributed by atoms with Gasteiger partial charge in [-0.05, 0) is 63.5 Å². The van der Waals surface area contributed by atoms with Crippen LogP contribution in [0.5, 0.6) is 0 Å². The van der Waals surface area contributed by atoms with Gasteiger partial charge in [0.25, 0.3) is 0 Å². The number of ketones is 1. The van der Waals surface area contributed by atoms with Crippen molar-refractivity contribution in [2.75, 3.05) is 0 Å². The van der Waals surface area contributed by atoms with Crippen molar-refractivity contribution in [3.05, 3.63) is 22.8 Å². The Hall–Kier alpha value is -1.42. The van der Waals surface area contributed by atoms with Gasteiger partial charge in [-0.15, -0.1) is 0 Å². The van der Waals surface area contributed by atoms with E-state index in [9.17, 15) is 14.7 Å². The summed E-state index contributed by atoms with van der Waals surface area (Å²) in [5, 5.41) is 11.8. The van der Waals surface area contributed by atoms with E-state index in [1.807, 2.05) is 13.8 Å². The van der Waals surface area contributed by atoms with Crippen molar-refractivity contribution in [2.24, 2.45) is 11.3 Å². The normalized spacial score (nSPS) is 42.8. The van der Waals surface area contributed by atoms with Gasteiger partial charge in [-0.25, -0.2) is 4.79 Å². The van der Waals surface area contributed by atoms with E-state index in [2.05, 4.69) is 6.92 Å². The van der Waals surface area contributed by atoms with Crippen molar-refractivity contribution in [2.45, 2.75) is 77.9 Å². The molecule has 24 heavy (non-hydrogen) atoms. The van der Waals surface area contributed by atoms with E-state index < -0.39 is 11.7 Å². The summed E-state index contributed by atoms with van der Waals surface area (Å²) in [6.07, 6.45) is 5.31. The first-order valence-electron chi connectivity index (χ1n) is 9.01. The maximum atomic E-state index is 12.3. The fourth-order valence-corrected chi connectivity index (χ4v) is 4.83. The fraction of sp³-hybridized carbons (Fsp3) is 0.700. The lowest BCUT2D eigenvalue weighted by molar-refractivity contribution is -0.178. The number of rotatable bonds is 0. The highest BCUT2D eigenvalue weighted by atomic mass is 16.6. The predicted octanol–water partition coefficient (Wildman–Crippen LogP) is 3.49. The summed E-state index contributed by atoms with van der Waals surface area (Å²) >= 11 is 0. The quantitative estimate of drug-likeness (QED) is 0.690. The third-order valence-corrected chi connectivity index (χ3v) is 6.43. The second-order valence-electron chi connectivity index (χ2n) is 8.33. The molecule has 0 bridgehead atoms. The van der Waals surface area contributed by atoms with E-state index >= 15 is 0 Å². The van der Waals surface area contributed by atoms with Gasteiger partial charge in [-0.3, -0.25) is 4.79 Å². The summed E-state index contributed by atoms with van der Waals surface area (Å²) in [5.74, 6) is -0.129. The van der Waals surface area contributed by atoms with Crippen LogP contribution in [-0.2, 0) is 14.3 Å². The lowest BCUT2D eigenvalue weighted by Gasteiger charge is -2.48. The minimum absolute atomic E-state index is 0.0611. The first-order chi connectivity index (χ1) is 11.2. The monoisotopic (exact) mass is 332 g/mol. The molecule has 0 aromatic heterocycles. The Balaban J connectivity index is 2.08. The Morgan fingerprint density at radius 2 is 1.88 bits per heavy atom. The molecule has 1 heterocycles. The van der Waals surface area contributed by atoms with Gasteiger partial charge in [0.05, 0.1) is 0 Å². The van der Waals surface area contributed by atoms with Crippen LogP contribution < -0.4 is 0 Å². The summed E-state index contributed by atoms with van der Waals surface area (Å²) < 4.78 is 5.68. The first kappa shape index (κ1) is 17.4. The zero-order valence-corrected chi connectivity index (χ0v) is 15.1. The van der Waals surface area contributed by atoms with Crippen molar-refractivity contribution < 1.29 is 19.4 Å². The van der Waals surface area contributed by atoms with Crippen LogP contribution in [0.2, 0.25) is 0 Å². The molecule has 4 atom stereocenters. The molecule has 1 saturated carbocycles. The SMILES string of the molecule is CC1=C2CC[C@]3(C)CC/C(C)=C\C(=O)C[C@H](C)C[C@H](OC1=O)[C@]23O. The van der Waals surface area contributed by atoms with Crippen molar-refractivity contribution in [3.8, 4) is 0 Å². The number of ether oxygens (including phenoxy) is 1. The maximum Gasteiger partial charge on any atom is 0.334 e. The van der Waals surface area contributed by atoms with Gasteiger partial charge in [-0.1, -0.05) is 19.4 Å². The zero-order chi connectivity index (χ0) is 17.7. The molecule has 2 aliphatic carbocycles. The predicted molar refractivity (Wildman–Crippen MR) is 91.3 cm³/mol. The largest absolute Gasteiger partial charge is 0.456 e. The summed E-state index contributed by atoms with van der Waals surface area (Å²) in [7, 11) is 0. The Bertz CT molecular complexity index is 644. The summed E-state index contributed by atoms with van der Waals surface area (Å²) in [5.41, 5.74) is 1.07. The van der Waals surface area contributed by atoms with E-state index in [1.54, 1.807) is 13.0 Å². The lowest BCUT2D eigenvalue weighted by Crippen LogP contribution is -2.57. The smallest absolute Gasteiger partial charge is 0.334 e. The molecule has 0 spiro atoms. The van der Waals surface area contributed by atoms with Crippen LogP contribution in [0.25, 0.3) is 0 Å². The molecular weight excluding hydrogens is 304 g/mol. The van der Waals surface area contributed by atoms with Gasteiger partial charge in [0.2, 0.25) is 0 Å². The number of esters is 1. The van der Waals surface area contributed by atoms with Crippen LogP contribution in [0.15, 0.2) is 22.8 Å². The number of hydrogen-bond donors (Lipinski definition) is 1. The van der Waals surface area contributed by atoms with Gasteiger partial charge in [0, 0.05) is 17.4 Å². The Kier molecular flexibility index (Phi) is 4.23. The summed E-state index contributed by atoms with van der Waals surface area (Å²) in [6.45, 7) is 7.86. The van der Waals surface area contributed by atoms with Gasteiger partial charge < -0.3 is 9.84 Å². The molecule has 0 unspecified atom stereocenters. The molecule has 1 fully saturated rings. The van der Waals surface area contributed by atoms with Crippen LogP contribution >= 0.6 is 0 Å². The fourth-order valence-electron chi connectivity index (χ4n) is 4.83. The molecule has 4 nitrogen and oxygen atoms in total. The minimum Gasteiger partial charge on any atom is -0.456 e. The van der Waals surface area contributed by atoms with Crippen LogP contribution in [0.4, 0.5) is 0 Å². The van der Waals surface area contributed by atoms with Crippen molar-refractivity contribution in [1.82, 2.24) is 0 Å². The summed E-state index contributed by atoms with van der Waals surface area (Å²) in [4.78, 5) is 24.4. The van der Waals surface area contributed by atoms with E-state index in [4.69, 9.17) is 4.74 Å². The average Bonchev–Trinajstić information content (AvgIpc) is 2.75. The van der Waals surface area contributed by atoms with Crippen molar-refractivity contribution >= 4 is 11.8 Å². The van der Waals surface area contributed by atoms with Gasteiger partial charge in [0.1, 0.15) is 11.7 Å². The second-order valence-corrected chi connectivity index (χ2v) is 8.33. The van der Waals surface area contributed by atoms with Crippen molar-refractivity contribution in [1.29, 1.82) is 0 Å². The zero-order valence-electron chi connectivity index (χ0n) is 15.1. The maximum absolute atomic E-state index is 12.3.